The number of H-pyrrole nitrogens is 1. The van der Waals surface area contributed by atoms with Gasteiger partial charge in [0.1, 0.15) is 22.9 Å². The Hall–Kier alpha value is -4.01. The maximum absolute atomic E-state index is 14.9. The third-order valence-electron chi connectivity index (χ3n) is 6.59. The van der Waals surface area contributed by atoms with Crippen molar-refractivity contribution in [3.63, 3.8) is 0 Å². The third-order valence-corrected chi connectivity index (χ3v) is 6.59. The molecule has 0 bridgehead atoms. The second-order valence-electron chi connectivity index (χ2n) is 8.91. The number of nitrogen functional groups attached to an aromatic ring is 1. The Kier molecular flexibility index (Phi) is 4.90. The molecule has 3 heterocycles. The van der Waals surface area contributed by atoms with Gasteiger partial charge in [0.15, 0.2) is 0 Å². The number of hydrogen-bond acceptors (Lipinski definition) is 6. The normalized spacial score (nSPS) is 17.6. The van der Waals surface area contributed by atoms with E-state index in [9.17, 15) is 9.18 Å². The molecule has 0 radical (unpaired) electrons. The molecule has 34 heavy (non-hydrogen) atoms. The van der Waals surface area contributed by atoms with Crippen LogP contribution in [0.4, 0.5) is 10.3 Å². The van der Waals surface area contributed by atoms with Gasteiger partial charge in [-0.15, -0.1) is 0 Å². The van der Waals surface area contributed by atoms with Crippen LogP contribution in [0.2, 0.25) is 0 Å². The Bertz CT molecular complexity index is 1410. The fourth-order valence-corrected chi connectivity index (χ4v) is 4.50. The second kappa shape index (κ2) is 8.09. The lowest BCUT2D eigenvalue weighted by Gasteiger charge is -2.27. The number of rotatable bonds is 4. The fourth-order valence-electron chi connectivity index (χ4n) is 4.50. The lowest BCUT2D eigenvalue weighted by molar-refractivity contribution is 0.0916. The highest BCUT2D eigenvalue weighted by molar-refractivity contribution is 5.95. The summed E-state index contributed by atoms with van der Waals surface area (Å²) in [5.74, 6) is 0.960. The Morgan fingerprint density at radius 3 is 2.85 bits per heavy atom. The fraction of sp³-hybridized carbons (Fsp3) is 0.280. The van der Waals surface area contributed by atoms with Gasteiger partial charge in [0.2, 0.25) is 5.95 Å². The number of anilines is 1. The highest BCUT2D eigenvalue weighted by atomic mass is 19.1. The molecule has 4 aromatic rings. The van der Waals surface area contributed by atoms with Crippen LogP contribution < -0.4 is 15.8 Å². The van der Waals surface area contributed by atoms with E-state index in [0.29, 0.717) is 46.7 Å². The number of fused-ring (bicyclic) bond motifs is 2. The molecule has 1 saturated carbocycles. The first kappa shape index (κ1) is 20.6. The molecular formula is C25H23FN6O2. The monoisotopic (exact) mass is 458 g/mol. The number of carbonyl (C=O) groups is 1. The second-order valence-corrected chi connectivity index (χ2v) is 8.91. The van der Waals surface area contributed by atoms with Crippen molar-refractivity contribution in [3.05, 3.63) is 65.4 Å². The molecule has 6 rings (SSSR count). The van der Waals surface area contributed by atoms with Gasteiger partial charge in [-0.2, -0.15) is 0 Å². The Morgan fingerprint density at radius 1 is 1.18 bits per heavy atom. The number of nitrogens with one attached hydrogen (secondary N) is 2. The summed E-state index contributed by atoms with van der Waals surface area (Å²) in [5, 5.41) is 3.07. The largest absolute Gasteiger partial charge is 0.493 e. The summed E-state index contributed by atoms with van der Waals surface area (Å²) in [6.07, 6.45) is 5.41. The number of nitrogens with zero attached hydrogens (tertiary/aromatic N) is 3. The van der Waals surface area contributed by atoms with Crippen molar-refractivity contribution in [1.29, 1.82) is 0 Å². The van der Waals surface area contributed by atoms with Crippen LogP contribution >= 0.6 is 0 Å². The number of nitrogens with two attached hydrogens (primary N) is 1. The van der Waals surface area contributed by atoms with Gasteiger partial charge in [0, 0.05) is 23.4 Å². The summed E-state index contributed by atoms with van der Waals surface area (Å²) >= 11 is 0. The molecule has 1 unspecified atom stereocenters. The quantitative estimate of drug-likeness (QED) is 0.429. The van der Waals surface area contributed by atoms with Crippen LogP contribution in [0, 0.1) is 5.82 Å². The zero-order valence-electron chi connectivity index (χ0n) is 18.3. The van der Waals surface area contributed by atoms with E-state index in [1.165, 1.54) is 12.3 Å². The molecule has 1 atom stereocenters. The van der Waals surface area contributed by atoms with Crippen molar-refractivity contribution in [3.8, 4) is 17.0 Å². The average molecular weight is 458 g/mol. The van der Waals surface area contributed by atoms with Gasteiger partial charge in [-0.1, -0.05) is 0 Å². The van der Waals surface area contributed by atoms with Crippen molar-refractivity contribution in [1.82, 2.24) is 25.3 Å². The first-order valence-electron chi connectivity index (χ1n) is 11.4. The molecule has 1 amide bonds. The number of carbonyl (C=O) groups excluding carboxylic acids is 1. The van der Waals surface area contributed by atoms with E-state index >= 15 is 0 Å². The number of halogens is 1. The van der Waals surface area contributed by atoms with Gasteiger partial charge in [0.05, 0.1) is 23.7 Å². The van der Waals surface area contributed by atoms with Crippen molar-refractivity contribution in [2.45, 2.75) is 37.6 Å². The van der Waals surface area contributed by atoms with E-state index in [0.717, 1.165) is 30.6 Å². The summed E-state index contributed by atoms with van der Waals surface area (Å²) in [4.78, 5) is 28.4. The third kappa shape index (κ3) is 3.72. The standard InChI is InChI=1S/C25H23FN6O2/c26-18-10-14(19-6-7-28-25(27)31-19)11-20-22(18)32-23(30-20)16-9-15-8-13(4-5-21(15)34-12-16)24(33)29-17-2-1-3-17/h4-8,10-11,16-17H,1-3,9,12H2,(H,29,33)(H,30,32)(H2,27,28,31). The minimum Gasteiger partial charge on any atom is -0.493 e. The molecule has 0 spiro atoms. The highest BCUT2D eigenvalue weighted by Gasteiger charge is 2.26. The van der Waals surface area contributed by atoms with E-state index in [1.54, 1.807) is 18.2 Å². The zero-order valence-corrected chi connectivity index (χ0v) is 18.3. The van der Waals surface area contributed by atoms with Crippen molar-refractivity contribution >= 4 is 22.9 Å². The first-order chi connectivity index (χ1) is 16.5. The molecule has 1 fully saturated rings. The smallest absolute Gasteiger partial charge is 0.251 e. The molecule has 0 saturated heterocycles. The molecular weight excluding hydrogens is 435 g/mol. The molecule has 9 heteroatoms. The van der Waals surface area contributed by atoms with E-state index in [4.69, 9.17) is 10.5 Å². The number of hydrogen-bond donors (Lipinski definition) is 3. The van der Waals surface area contributed by atoms with Crippen LogP contribution in [0.5, 0.6) is 5.75 Å². The van der Waals surface area contributed by atoms with E-state index in [-0.39, 0.29) is 23.8 Å². The van der Waals surface area contributed by atoms with Gasteiger partial charge in [0.25, 0.3) is 5.91 Å². The number of ether oxygens (including phenoxy) is 1. The minimum absolute atomic E-state index is 0.0571. The summed E-state index contributed by atoms with van der Waals surface area (Å²) < 4.78 is 20.9. The van der Waals surface area contributed by atoms with E-state index in [2.05, 4.69) is 25.3 Å². The number of imidazole rings is 1. The van der Waals surface area contributed by atoms with Gasteiger partial charge in [-0.25, -0.2) is 19.3 Å². The average Bonchev–Trinajstić information content (AvgIpc) is 3.25. The summed E-state index contributed by atoms with van der Waals surface area (Å²) in [6.45, 7) is 0.414. The molecule has 2 aromatic heterocycles. The molecule has 1 aliphatic heterocycles. The van der Waals surface area contributed by atoms with Crippen LogP contribution in [-0.4, -0.2) is 38.5 Å². The SMILES string of the molecule is Nc1nccc(-c2cc(F)c3[nH]c(C4COc5ccc(C(=O)NC6CCC6)cc5C4)nc3c2)n1. The number of amides is 1. The van der Waals surface area contributed by atoms with E-state index < -0.39 is 5.82 Å². The van der Waals surface area contributed by atoms with Gasteiger partial charge >= 0.3 is 0 Å². The number of benzene rings is 2. The zero-order chi connectivity index (χ0) is 23.2. The summed E-state index contributed by atoms with van der Waals surface area (Å²) in [6, 6.07) is 10.7. The Balaban J connectivity index is 1.27. The lowest BCUT2D eigenvalue weighted by Crippen LogP contribution is -2.39. The van der Waals surface area contributed by atoms with Crippen LogP contribution in [0.3, 0.4) is 0 Å². The van der Waals surface area contributed by atoms with Gasteiger partial charge in [-0.3, -0.25) is 4.79 Å². The topological polar surface area (TPSA) is 119 Å². The first-order valence-corrected chi connectivity index (χ1v) is 11.4. The highest BCUT2D eigenvalue weighted by Crippen LogP contribution is 2.34. The predicted molar refractivity (Wildman–Crippen MR) is 125 cm³/mol. The van der Waals surface area contributed by atoms with Crippen molar-refractivity contribution in [2.75, 3.05) is 12.3 Å². The van der Waals surface area contributed by atoms with Crippen LogP contribution in [0.15, 0.2) is 42.6 Å². The van der Waals surface area contributed by atoms with Crippen molar-refractivity contribution in [2.24, 2.45) is 0 Å². The van der Waals surface area contributed by atoms with Gasteiger partial charge < -0.3 is 20.8 Å². The maximum atomic E-state index is 14.9. The van der Waals surface area contributed by atoms with Crippen LogP contribution in [0.1, 0.15) is 46.9 Å². The summed E-state index contributed by atoms with van der Waals surface area (Å²) in [5.41, 5.74) is 9.17. The summed E-state index contributed by atoms with van der Waals surface area (Å²) in [7, 11) is 0. The minimum atomic E-state index is -0.421. The van der Waals surface area contributed by atoms with Crippen LogP contribution in [-0.2, 0) is 6.42 Å². The number of aromatic amines is 1. The van der Waals surface area contributed by atoms with Gasteiger partial charge in [-0.05, 0) is 67.6 Å². The predicted octanol–water partition coefficient (Wildman–Crippen LogP) is 3.74. The Labute approximate surface area is 194 Å². The molecule has 4 N–H and O–H groups in total. The molecule has 2 aliphatic rings. The maximum Gasteiger partial charge on any atom is 0.251 e. The molecule has 1 aliphatic carbocycles. The Morgan fingerprint density at radius 2 is 2.06 bits per heavy atom. The van der Waals surface area contributed by atoms with E-state index in [1.807, 2.05) is 12.1 Å². The molecule has 8 nitrogen and oxygen atoms in total. The lowest BCUT2D eigenvalue weighted by atomic mass is 9.92. The van der Waals surface area contributed by atoms with Crippen molar-refractivity contribution < 1.29 is 13.9 Å². The molecule has 2 aromatic carbocycles. The van der Waals surface area contributed by atoms with Crippen LogP contribution in [0.25, 0.3) is 22.3 Å². The number of aromatic nitrogens is 4. The molecule has 172 valence electrons.